The van der Waals surface area contributed by atoms with Crippen LogP contribution >= 0.6 is 0 Å². The van der Waals surface area contributed by atoms with Gasteiger partial charge >= 0.3 is 0 Å². The van der Waals surface area contributed by atoms with Crippen molar-refractivity contribution in [1.29, 1.82) is 0 Å². The summed E-state index contributed by atoms with van der Waals surface area (Å²) in [5, 5.41) is 3.17. The average molecular weight is 366 g/mol. The fourth-order valence-electron chi connectivity index (χ4n) is 4.06. The molecular formula is C23H27FN2O. The highest BCUT2D eigenvalue weighted by molar-refractivity contribution is 5.79. The Morgan fingerprint density at radius 3 is 2.63 bits per heavy atom. The summed E-state index contributed by atoms with van der Waals surface area (Å²) in [6.07, 6.45) is 3.04. The number of halogens is 1. The summed E-state index contributed by atoms with van der Waals surface area (Å²) >= 11 is 0. The van der Waals surface area contributed by atoms with Gasteiger partial charge in [0.15, 0.2) is 0 Å². The van der Waals surface area contributed by atoms with Crippen LogP contribution in [0.1, 0.15) is 41.9 Å². The third-order valence-corrected chi connectivity index (χ3v) is 5.72. The number of benzene rings is 2. The van der Waals surface area contributed by atoms with Gasteiger partial charge in [0.2, 0.25) is 5.91 Å². The fourth-order valence-corrected chi connectivity index (χ4v) is 4.06. The molecule has 1 aliphatic carbocycles. The Morgan fingerprint density at radius 2 is 1.93 bits per heavy atom. The number of rotatable bonds is 5. The largest absolute Gasteiger partial charge is 0.353 e. The van der Waals surface area contributed by atoms with E-state index in [9.17, 15) is 9.18 Å². The minimum Gasteiger partial charge on any atom is -0.353 e. The Morgan fingerprint density at radius 1 is 1.15 bits per heavy atom. The molecule has 2 aromatic rings. The van der Waals surface area contributed by atoms with Crippen LogP contribution in [-0.2, 0) is 11.3 Å². The van der Waals surface area contributed by atoms with E-state index in [0.717, 1.165) is 44.5 Å². The van der Waals surface area contributed by atoms with Crippen molar-refractivity contribution in [2.75, 3.05) is 13.1 Å². The minimum absolute atomic E-state index is 0.0154. The highest BCUT2D eigenvalue weighted by atomic mass is 19.1. The lowest BCUT2D eigenvalue weighted by molar-refractivity contribution is -0.127. The predicted molar refractivity (Wildman–Crippen MR) is 105 cm³/mol. The first-order valence-corrected chi connectivity index (χ1v) is 9.91. The normalized spacial score (nSPS) is 23.2. The summed E-state index contributed by atoms with van der Waals surface area (Å²) in [5.41, 5.74) is 3.07. The Hall–Kier alpha value is -2.20. The van der Waals surface area contributed by atoms with E-state index in [1.807, 2.05) is 18.2 Å². The predicted octanol–water partition coefficient (Wildman–Crippen LogP) is 4.02. The second kappa shape index (κ2) is 7.81. The number of hydrogen-bond acceptors (Lipinski definition) is 2. The number of amides is 1. The zero-order valence-electron chi connectivity index (χ0n) is 15.8. The molecular weight excluding hydrogens is 339 g/mol. The SMILES string of the molecule is Cc1cc(C2CC(C(=O)NC3CC3)CN(Cc3ccccc3)C2)ccc1F. The lowest BCUT2D eigenvalue weighted by Crippen LogP contribution is -2.45. The molecule has 1 aliphatic heterocycles. The van der Waals surface area contributed by atoms with Crippen LogP contribution in [0.4, 0.5) is 4.39 Å². The number of hydrogen-bond donors (Lipinski definition) is 1. The van der Waals surface area contributed by atoms with Crippen molar-refractivity contribution < 1.29 is 9.18 Å². The van der Waals surface area contributed by atoms with E-state index in [1.165, 1.54) is 5.56 Å². The van der Waals surface area contributed by atoms with E-state index < -0.39 is 0 Å². The first-order valence-electron chi connectivity index (χ1n) is 9.91. The van der Waals surface area contributed by atoms with Gasteiger partial charge in [0.25, 0.3) is 0 Å². The molecule has 3 nitrogen and oxygen atoms in total. The molecule has 4 rings (SSSR count). The molecule has 0 spiro atoms. The van der Waals surface area contributed by atoms with Gasteiger partial charge in [0, 0.05) is 25.7 Å². The summed E-state index contributed by atoms with van der Waals surface area (Å²) in [6, 6.07) is 16.2. The monoisotopic (exact) mass is 366 g/mol. The Balaban J connectivity index is 1.53. The van der Waals surface area contributed by atoms with Crippen LogP contribution in [0.5, 0.6) is 0 Å². The molecule has 1 amide bonds. The quantitative estimate of drug-likeness (QED) is 0.867. The molecule has 0 radical (unpaired) electrons. The topological polar surface area (TPSA) is 32.3 Å². The Labute approximate surface area is 160 Å². The highest BCUT2D eigenvalue weighted by Crippen LogP contribution is 2.33. The van der Waals surface area contributed by atoms with E-state index in [4.69, 9.17) is 0 Å². The molecule has 1 saturated heterocycles. The Bertz CT molecular complexity index is 803. The fraction of sp³-hybridized carbons (Fsp3) is 0.435. The first kappa shape index (κ1) is 18.2. The van der Waals surface area contributed by atoms with E-state index in [0.29, 0.717) is 11.6 Å². The second-order valence-electron chi connectivity index (χ2n) is 8.10. The van der Waals surface area contributed by atoms with E-state index in [1.54, 1.807) is 13.0 Å². The van der Waals surface area contributed by atoms with Crippen molar-refractivity contribution >= 4 is 5.91 Å². The third kappa shape index (κ3) is 4.56. The van der Waals surface area contributed by atoms with Crippen LogP contribution in [0.3, 0.4) is 0 Å². The molecule has 2 atom stereocenters. The van der Waals surface area contributed by atoms with Crippen molar-refractivity contribution in [3.63, 3.8) is 0 Å². The average Bonchev–Trinajstić information content (AvgIpc) is 3.48. The van der Waals surface area contributed by atoms with Crippen LogP contribution in [0.2, 0.25) is 0 Å². The second-order valence-corrected chi connectivity index (χ2v) is 8.10. The van der Waals surface area contributed by atoms with E-state index in [2.05, 4.69) is 34.5 Å². The van der Waals surface area contributed by atoms with Crippen molar-refractivity contribution in [3.8, 4) is 0 Å². The smallest absolute Gasteiger partial charge is 0.224 e. The molecule has 2 unspecified atom stereocenters. The maximum Gasteiger partial charge on any atom is 0.224 e. The van der Waals surface area contributed by atoms with Gasteiger partial charge in [-0.15, -0.1) is 0 Å². The maximum absolute atomic E-state index is 13.7. The number of aryl methyl sites for hydroxylation is 1. The van der Waals surface area contributed by atoms with Gasteiger partial charge in [-0.25, -0.2) is 4.39 Å². The van der Waals surface area contributed by atoms with Gasteiger partial charge < -0.3 is 5.32 Å². The first-order chi connectivity index (χ1) is 13.1. The number of nitrogens with zero attached hydrogens (tertiary/aromatic N) is 1. The van der Waals surface area contributed by atoms with Gasteiger partial charge in [-0.3, -0.25) is 9.69 Å². The molecule has 27 heavy (non-hydrogen) atoms. The summed E-state index contributed by atoms with van der Waals surface area (Å²) in [4.78, 5) is 15.1. The van der Waals surface area contributed by atoms with Crippen molar-refractivity contribution in [3.05, 3.63) is 71.0 Å². The lowest BCUT2D eigenvalue weighted by Gasteiger charge is -2.37. The number of nitrogens with one attached hydrogen (secondary N) is 1. The molecule has 2 aliphatic rings. The molecule has 0 bridgehead atoms. The van der Waals surface area contributed by atoms with Crippen molar-refractivity contribution in [1.82, 2.24) is 10.2 Å². The van der Waals surface area contributed by atoms with E-state index >= 15 is 0 Å². The van der Waals surface area contributed by atoms with Gasteiger partial charge in [-0.05, 0) is 54.9 Å². The van der Waals surface area contributed by atoms with Gasteiger partial charge in [-0.1, -0.05) is 42.5 Å². The van der Waals surface area contributed by atoms with Crippen LogP contribution < -0.4 is 5.32 Å². The molecule has 2 fully saturated rings. The lowest BCUT2D eigenvalue weighted by atomic mass is 9.83. The minimum atomic E-state index is -0.168. The van der Waals surface area contributed by atoms with Crippen molar-refractivity contribution in [2.24, 2.45) is 5.92 Å². The van der Waals surface area contributed by atoms with Gasteiger partial charge in [-0.2, -0.15) is 0 Å². The number of likely N-dealkylation sites (tertiary alicyclic amines) is 1. The molecule has 142 valence electrons. The summed E-state index contributed by atoms with van der Waals surface area (Å²) < 4.78 is 13.7. The van der Waals surface area contributed by atoms with Crippen LogP contribution in [0, 0.1) is 18.7 Å². The van der Waals surface area contributed by atoms with E-state index in [-0.39, 0.29) is 23.6 Å². The van der Waals surface area contributed by atoms with Crippen LogP contribution in [0.25, 0.3) is 0 Å². The summed E-state index contributed by atoms with van der Waals surface area (Å²) in [6.45, 7) is 4.32. The molecule has 1 N–H and O–H groups in total. The highest BCUT2D eigenvalue weighted by Gasteiger charge is 2.34. The standard InChI is InChI=1S/C23H27FN2O/c1-16-11-18(7-10-22(16)24)19-12-20(23(27)25-21-8-9-21)15-26(14-19)13-17-5-3-2-4-6-17/h2-7,10-11,19-21H,8-9,12-15H2,1H3,(H,25,27). The summed E-state index contributed by atoms with van der Waals surface area (Å²) in [5.74, 6) is 0.243. The zero-order valence-corrected chi connectivity index (χ0v) is 15.8. The number of carbonyl (C=O) groups excluding carboxylic acids is 1. The van der Waals surface area contributed by atoms with Crippen LogP contribution in [-0.4, -0.2) is 29.9 Å². The molecule has 0 aromatic heterocycles. The molecule has 1 saturated carbocycles. The number of carbonyl (C=O) groups is 1. The Kier molecular flexibility index (Phi) is 5.26. The maximum atomic E-state index is 13.7. The molecule has 2 aromatic carbocycles. The number of piperidine rings is 1. The summed E-state index contributed by atoms with van der Waals surface area (Å²) in [7, 11) is 0. The zero-order chi connectivity index (χ0) is 18.8. The van der Waals surface area contributed by atoms with Gasteiger partial charge in [0.1, 0.15) is 5.82 Å². The van der Waals surface area contributed by atoms with Crippen LogP contribution in [0.15, 0.2) is 48.5 Å². The molecule has 4 heteroatoms. The van der Waals surface area contributed by atoms with Crippen molar-refractivity contribution in [2.45, 2.75) is 44.7 Å². The third-order valence-electron chi connectivity index (χ3n) is 5.72. The van der Waals surface area contributed by atoms with Gasteiger partial charge in [0.05, 0.1) is 5.92 Å². The molecule has 1 heterocycles.